The third kappa shape index (κ3) is 5.92. The molecule has 0 heterocycles. The quantitative estimate of drug-likeness (QED) is 0.388. The molecule has 0 aliphatic heterocycles. The lowest BCUT2D eigenvalue weighted by molar-refractivity contribution is 0.0311. The number of hydrogen-bond acceptors (Lipinski definition) is 2. The van der Waals surface area contributed by atoms with Crippen molar-refractivity contribution in [1.82, 2.24) is 0 Å². The van der Waals surface area contributed by atoms with Crippen LogP contribution in [0.3, 0.4) is 0 Å². The van der Waals surface area contributed by atoms with Crippen molar-refractivity contribution >= 4 is 11.9 Å². The first-order valence-electron chi connectivity index (χ1n) is 3.82. The van der Waals surface area contributed by atoms with Gasteiger partial charge in [-0.25, -0.2) is 4.99 Å². The Morgan fingerprint density at radius 1 is 1.31 bits per heavy atom. The molecule has 0 saturated carbocycles. The third-order valence-corrected chi connectivity index (χ3v) is 1.42. The van der Waals surface area contributed by atoms with E-state index in [4.69, 9.17) is 21.9 Å². The Bertz CT molecular complexity index is 217. The van der Waals surface area contributed by atoms with Crippen LogP contribution < -0.4 is 17.2 Å². The topological polar surface area (TPSA) is 112 Å². The minimum absolute atomic E-state index is 0.0603. The highest BCUT2D eigenvalue weighted by Crippen LogP contribution is 2.06. The monoisotopic (exact) mass is 187 g/mol. The summed E-state index contributed by atoms with van der Waals surface area (Å²) in [5, 5.41) is 0. The van der Waals surface area contributed by atoms with E-state index in [9.17, 15) is 0 Å². The number of aliphatic imine (C=N–C) groups is 2. The Labute approximate surface area is 77.9 Å². The minimum Gasteiger partial charge on any atom is -0.377 e. The van der Waals surface area contributed by atoms with Gasteiger partial charge in [0.05, 0.1) is 12.1 Å². The standard InChI is InChI=1S/C7H17N5O/c1-7(2,13-3)4-11-6(10)12-5(8)9/h4H2,1-3H3,(H6,8,9,10,11,12). The Kier molecular flexibility index (Phi) is 4.19. The van der Waals surface area contributed by atoms with Gasteiger partial charge in [0.1, 0.15) is 0 Å². The summed E-state index contributed by atoms with van der Waals surface area (Å²) < 4.78 is 5.12. The maximum absolute atomic E-state index is 5.38. The number of guanidine groups is 2. The van der Waals surface area contributed by atoms with Gasteiger partial charge in [0.2, 0.25) is 5.96 Å². The number of methoxy groups -OCH3 is 1. The van der Waals surface area contributed by atoms with Crippen molar-refractivity contribution in [2.75, 3.05) is 13.7 Å². The highest BCUT2D eigenvalue weighted by molar-refractivity contribution is 5.92. The largest absolute Gasteiger partial charge is 0.377 e. The number of nitrogens with zero attached hydrogens (tertiary/aromatic N) is 2. The first kappa shape index (κ1) is 11.7. The second-order valence-electron chi connectivity index (χ2n) is 3.17. The Morgan fingerprint density at radius 2 is 1.85 bits per heavy atom. The average molecular weight is 187 g/mol. The number of ether oxygens (including phenoxy) is 1. The Morgan fingerprint density at radius 3 is 2.23 bits per heavy atom. The van der Waals surface area contributed by atoms with Crippen molar-refractivity contribution in [2.24, 2.45) is 27.2 Å². The molecule has 6 nitrogen and oxygen atoms in total. The van der Waals surface area contributed by atoms with Crippen LogP contribution in [0.5, 0.6) is 0 Å². The van der Waals surface area contributed by atoms with Gasteiger partial charge in [0.25, 0.3) is 0 Å². The van der Waals surface area contributed by atoms with Crippen molar-refractivity contribution in [1.29, 1.82) is 0 Å². The van der Waals surface area contributed by atoms with Gasteiger partial charge >= 0.3 is 0 Å². The fourth-order valence-corrected chi connectivity index (χ4v) is 0.504. The van der Waals surface area contributed by atoms with E-state index >= 15 is 0 Å². The fourth-order valence-electron chi connectivity index (χ4n) is 0.504. The maximum Gasteiger partial charge on any atom is 0.218 e. The lowest BCUT2D eigenvalue weighted by atomic mass is 10.1. The molecule has 0 saturated heterocycles. The van der Waals surface area contributed by atoms with Crippen molar-refractivity contribution in [3.63, 3.8) is 0 Å². The van der Waals surface area contributed by atoms with Crippen molar-refractivity contribution in [2.45, 2.75) is 19.4 Å². The van der Waals surface area contributed by atoms with Crippen molar-refractivity contribution in [3.05, 3.63) is 0 Å². The molecule has 0 fully saturated rings. The van der Waals surface area contributed by atoms with Crippen LogP contribution in [0.1, 0.15) is 13.8 Å². The molecule has 76 valence electrons. The number of rotatable bonds is 3. The molecule has 0 aliphatic rings. The molecule has 0 aromatic rings. The van der Waals surface area contributed by atoms with Gasteiger partial charge in [-0.1, -0.05) is 0 Å². The SMILES string of the molecule is COC(C)(C)CN=C(N)N=C(N)N. The van der Waals surface area contributed by atoms with Gasteiger partial charge in [-0.05, 0) is 13.8 Å². The molecule has 0 rings (SSSR count). The zero-order valence-corrected chi connectivity index (χ0v) is 8.24. The highest BCUT2D eigenvalue weighted by atomic mass is 16.5. The van der Waals surface area contributed by atoms with Gasteiger partial charge in [0, 0.05) is 7.11 Å². The van der Waals surface area contributed by atoms with Gasteiger partial charge in [-0.15, -0.1) is 0 Å². The summed E-state index contributed by atoms with van der Waals surface area (Å²) in [6, 6.07) is 0. The van der Waals surface area contributed by atoms with E-state index in [1.807, 2.05) is 13.8 Å². The molecule has 0 unspecified atom stereocenters. The molecule has 6 N–H and O–H groups in total. The third-order valence-electron chi connectivity index (χ3n) is 1.42. The molecular weight excluding hydrogens is 170 g/mol. The van der Waals surface area contributed by atoms with E-state index in [-0.39, 0.29) is 17.5 Å². The van der Waals surface area contributed by atoms with E-state index in [0.29, 0.717) is 6.54 Å². The van der Waals surface area contributed by atoms with Crippen LogP contribution >= 0.6 is 0 Å². The van der Waals surface area contributed by atoms with Gasteiger partial charge < -0.3 is 21.9 Å². The average Bonchev–Trinajstić information content (AvgIpc) is 2.00. The second-order valence-corrected chi connectivity index (χ2v) is 3.17. The number of hydrogen-bond donors (Lipinski definition) is 3. The van der Waals surface area contributed by atoms with E-state index in [1.165, 1.54) is 0 Å². The van der Waals surface area contributed by atoms with Crippen LogP contribution in [0.4, 0.5) is 0 Å². The summed E-state index contributed by atoms with van der Waals surface area (Å²) in [5.41, 5.74) is 15.2. The predicted molar refractivity (Wildman–Crippen MR) is 53.4 cm³/mol. The summed E-state index contributed by atoms with van der Waals surface area (Å²) in [7, 11) is 1.60. The minimum atomic E-state index is -0.358. The summed E-state index contributed by atoms with van der Waals surface area (Å²) >= 11 is 0. The molecule has 0 amide bonds. The van der Waals surface area contributed by atoms with Crippen LogP contribution in [-0.2, 0) is 4.74 Å². The van der Waals surface area contributed by atoms with Gasteiger partial charge in [0.15, 0.2) is 5.96 Å². The lowest BCUT2D eigenvalue weighted by Crippen LogP contribution is -2.30. The molecule has 0 aromatic heterocycles. The molecule has 0 bridgehead atoms. The fraction of sp³-hybridized carbons (Fsp3) is 0.714. The van der Waals surface area contributed by atoms with E-state index in [0.717, 1.165) is 0 Å². The van der Waals surface area contributed by atoms with Gasteiger partial charge in [-0.2, -0.15) is 4.99 Å². The Hall–Kier alpha value is -1.30. The van der Waals surface area contributed by atoms with Gasteiger partial charge in [-0.3, -0.25) is 0 Å². The lowest BCUT2D eigenvalue weighted by Gasteiger charge is -2.19. The highest BCUT2D eigenvalue weighted by Gasteiger charge is 2.15. The summed E-state index contributed by atoms with van der Waals surface area (Å²) in [6.07, 6.45) is 0. The maximum atomic E-state index is 5.38. The van der Waals surface area contributed by atoms with Crippen LogP contribution in [0.15, 0.2) is 9.98 Å². The summed E-state index contributed by atoms with van der Waals surface area (Å²) in [6.45, 7) is 4.19. The molecule has 13 heavy (non-hydrogen) atoms. The molecule has 0 aromatic carbocycles. The molecule has 0 aliphatic carbocycles. The smallest absolute Gasteiger partial charge is 0.218 e. The van der Waals surface area contributed by atoms with E-state index in [2.05, 4.69) is 9.98 Å². The number of nitrogens with two attached hydrogens (primary N) is 3. The normalized spacial score (nSPS) is 12.7. The first-order valence-corrected chi connectivity index (χ1v) is 3.82. The van der Waals surface area contributed by atoms with E-state index < -0.39 is 0 Å². The van der Waals surface area contributed by atoms with Crippen LogP contribution in [0.2, 0.25) is 0 Å². The molecule has 0 radical (unpaired) electrons. The second kappa shape index (κ2) is 4.66. The molecular formula is C7H17N5O. The summed E-state index contributed by atoms with van der Waals surface area (Å²) in [5.74, 6) is -0.0402. The molecule has 6 heteroatoms. The van der Waals surface area contributed by atoms with Crippen LogP contribution in [0.25, 0.3) is 0 Å². The van der Waals surface area contributed by atoms with Crippen molar-refractivity contribution < 1.29 is 4.74 Å². The van der Waals surface area contributed by atoms with E-state index in [1.54, 1.807) is 7.11 Å². The Balaban J connectivity index is 4.20. The molecule has 0 atom stereocenters. The first-order chi connectivity index (χ1) is 5.87. The van der Waals surface area contributed by atoms with Crippen LogP contribution in [0, 0.1) is 0 Å². The zero-order valence-electron chi connectivity index (χ0n) is 8.24. The van der Waals surface area contributed by atoms with Crippen LogP contribution in [-0.4, -0.2) is 31.2 Å². The van der Waals surface area contributed by atoms with Crippen molar-refractivity contribution in [3.8, 4) is 0 Å². The zero-order chi connectivity index (χ0) is 10.5. The summed E-state index contributed by atoms with van der Waals surface area (Å²) in [4.78, 5) is 7.49. The molecule has 0 spiro atoms. The predicted octanol–water partition coefficient (Wildman–Crippen LogP) is -1.00.